The fourth-order valence-corrected chi connectivity index (χ4v) is 16.8. The number of rotatable bonds is 26. The zero-order valence-electron chi connectivity index (χ0n) is 53.5. The van der Waals surface area contributed by atoms with Crippen molar-refractivity contribution in [2.24, 2.45) is 67.9 Å². The maximum Gasteiger partial charge on any atom is 0.472 e. The fraction of sp³-hybridized carbons (Fsp3) is 0.629. The monoisotopic (exact) mass is 1280 g/mol. The number of primary amides is 6. The van der Waals surface area contributed by atoms with E-state index in [4.69, 9.17) is 48.2 Å². The third-order valence-corrected chi connectivity index (χ3v) is 21.9. The lowest BCUT2D eigenvalue weighted by Gasteiger charge is -2.44. The molecule has 7 aliphatic rings. The summed E-state index contributed by atoms with van der Waals surface area (Å²) in [7, 11) is -5.04. The maximum atomic E-state index is 14.4. The van der Waals surface area contributed by atoms with Crippen molar-refractivity contribution in [2.45, 2.75) is 195 Å². The van der Waals surface area contributed by atoms with Gasteiger partial charge in [-0.1, -0.05) is 34.6 Å². The summed E-state index contributed by atoms with van der Waals surface area (Å²) >= 11 is 0. The van der Waals surface area contributed by atoms with Crippen LogP contribution in [0.1, 0.15) is 144 Å². The van der Waals surface area contributed by atoms with Gasteiger partial charge in [0, 0.05) is 101 Å². The fourth-order valence-electron chi connectivity index (χ4n) is 15.6. The van der Waals surface area contributed by atoms with Crippen LogP contribution in [0, 0.1) is 47.3 Å². The molecule has 8 bridgehead atoms. The lowest BCUT2D eigenvalue weighted by molar-refractivity contribution is -0.122. The third-order valence-electron chi connectivity index (χ3n) is 20.8. The van der Waals surface area contributed by atoms with Gasteiger partial charge in [0.05, 0.1) is 48.8 Å². The number of amides is 7. The number of aliphatic hydroxyl groups is 2. The highest BCUT2D eigenvalue weighted by Gasteiger charge is 2.62. The number of phosphoric acid groups is 1. The molecule has 3 fully saturated rings. The van der Waals surface area contributed by atoms with Crippen LogP contribution in [0.2, 0.25) is 0 Å². The number of allylic oxidation sites excluding steroid dienone is 4. The van der Waals surface area contributed by atoms with Crippen LogP contribution in [-0.2, 0) is 51.9 Å². The molecule has 3 unspecified atom stereocenters. The van der Waals surface area contributed by atoms with Gasteiger partial charge < -0.3 is 91.0 Å². The summed E-state index contributed by atoms with van der Waals surface area (Å²) in [6.07, 6.45) is -5.11. The number of ether oxygens (including phenoxy) is 1. The minimum Gasteiger partial charge on any atom is -0.394 e. The smallest absolute Gasteiger partial charge is 0.394 e. The molecular formula is C62H94N13O14P. The predicted octanol–water partition coefficient (Wildman–Crippen LogP) is 1.92. The maximum absolute atomic E-state index is 14.4. The van der Waals surface area contributed by atoms with Crippen LogP contribution in [0.15, 0.2) is 69.0 Å². The number of carbonyl (C=O) groups excluding carboxylic acids is 7. The van der Waals surface area contributed by atoms with Crippen molar-refractivity contribution in [3.05, 3.63) is 80.1 Å². The SMILES string of the molecule is C/C1=C2/NC(/C=C3\NC(/C(C)=C4\NC(=C(CC(N)=O)[C@@]4(C)CCC(=O)NC[C@@H](C)OP(=O)(O)O[C@H]4[C@@H](O)[C@@H](N5CNc6cc(C)c(C)cc65)O[C@@H]4CO)[C@]4(C)NC1=C(CCC(N)=O)[C@]4(C)CC(N)=O)[C@@H](CCC(N)=O)C3(C)C)[C@@H](CCC(N)=O)[C@]2(C)CC(N)=O. The number of fused-ring (bicyclic) bond motifs is 10. The largest absolute Gasteiger partial charge is 0.472 e. The number of aryl methyl sites for hydroxylation is 2. The van der Waals surface area contributed by atoms with Crippen molar-refractivity contribution in [1.29, 1.82) is 0 Å². The van der Waals surface area contributed by atoms with Crippen LogP contribution in [0.5, 0.6) is 0 Å². The lowest BCUT2D eigenvalue weighted by atomic mass is 9.62. The number of benzene rings is 1. The molecule has 21 N–H and O–H groups in total. The summed E-state index contributed by atoms with van der Waals surface area (Å²) < 4.78 is 30.8. The van der Waals surface area contributed by atoms with E-state index in [1.54, 1.807) is 4.90 Å². The topological polar surface area (TPSA) is 456 Å². The first-order valence-corrected chi connectivity index (χ1v) is 32.3. The Morgan fingerprint density at radius 1 is 0.800 bits per heavy atom. The Morgan fingerprint density at radius 2 is 1.42 bits per heavy atom. The highest BCUT2D eigenvalue weighted by Crippen LogP contribution is 2.61. The van der Waals surface area contributed by atoms with Gasteiger partial charge >= 0.3 is 7.82 Å². The number of aliphatic hydroxyl groups excluding tert-OH is 2. The first kappa shape index (κ1) is 68.9. The van der Waals surface area contributed by atoms with E-state index in [0.29, 0.717) is 45.9 Å². The average Bonchev–Trinajstić information content (AvgIpc) is 1.53. The molecule has 7 amide bonds. The van der Waals surface area contributed by atoms with E-state index >= 15 is 0 Å². The highest BCUT2D eigenvalue weighted by atomic mass is 31.2. The van der Waals surface area contributed by atoms with Crippen LogP contribution in [0.3, 0.4) is 0 Å². The Balaban J connectivity index is 1.19. The molecule has 7 aliphatic heterocycles. The Kier molecular flexibility index (Phi) is 19.6. The number of nitrogens with one attached hydrogen (secondary N) is 6. The summed E-state index contributed by atoms with van der Waals surface area (Å²) in [5, 5.41) is 43.1. The van der Waals surface area contributed by atoms with E-state index in [1.165, 1.54) is 6.92 Å². The van der Waals surface area contributed by atoms with Gasteiger partial charge in [-0.15, -0.1) is 0 Å². The average molecular weight is 1280 g/mol. The molecule has 3 saturated heterocycles. The van der Waals surface area contributed by atoms with Gasteiger partial charge in [0.1, 0.15) is 18.3 Å². The summed E-state index contributed by atoms with van der Waals surface area (Å²) in [4.78, 5) is 106. The summed E-state index contributed by atoms with van der Waals surface area (Å²) in [6, 6.07) is 2.74. The molecule has 8 rings (SSSR count). The van der Waals surface area contributed by atoms with Crippen molar-refractivity contribution >= 4 is 60.5 Å². The summed E-state index contributed by atoms with van der Waals surface area (Å²) in [5.41, 5.74) is 39.1. The number of anilines is 2. The van der Waals surface area contributed by atoms with Crippen molar-refractivity contribution in [1.82, 2.24) is 26.6 Å². The molecule has 0 radical (unpaired) electrons. The molecule has 90 heavy (non-hydrogen) atoms. The first-order valence-electron chi connectivity index (χ1n) is 30.8. The van der Waals surface area contributed by atoms with Gasteiger partial charge in [-0.2, -0.15) is 0 Å². The Labute approximate surface area is 525 Å². The van der Waals surface area contributed by atoms with Crippen LogP contribution < -0.4 is 71.2 Å². The quantitative estimate of drug-likeness (QED) is 0.0589. The van der Waals surface area contributed by atoms with Crippen LogP contribution >= 0.6 is 7.82 Å². The molecule has 27 nitrogen and oxygen atoms in total. The second-order valence-electron chi connectivity index (χ2n) is 27.2. The summed E-state index contributed by atoms with van der Waals surface area (Å²) in [5.74, 6) is -5.14. The second-order valence-corrected chi connectivity index (χ2v) is 28.5. The lowest BCUT2D eigenvalue weighted by Crippen LogP contribution is -2.55. The number of nitrogens with two attached hydrogens (primary N) is 6. The van der Waals surface area contributed by atoms with E-state index in [2.05, 4.69) is 45.7 Å². The van der Waals surface area contributed by atoms with Crippen molar-refractivity contribution in [3.63, 3.8) is 0 Å². The van der Waals surface area contributed by atoms with E-state index < -0.39 is 132 Å². The zero-order chi connectivity index (χ0) is 66.7. The third kappa shape index (κ3) is 13.0. The highest BCUT2D eigenvalue weighted by molar-refractivity contribution is 7.47. The molecular weight excluding hydrogens is 1180 g/mol. The molecule has 14 atom stereocenters. The van der Waals surface area contributed by atoms with Crippen LogP contribution in [0.4, 0.5) is 11.4 Å². The van der Waals surface area contributed by atoms with Crippen LogP contribution in [-0.4, -0.2) is 125 Å². The zero-order valence-corrected chi connectivity index (χ0v) is 54.4. The number of hydrogen-bond acceptors (Lipinski definition) is 19. The second kappa shape index (κ2) is 25.6. The predicted molar refractivity (Wildman–Crippen MR) is 334 cm³/mol. The van der Waals surface area contributed by atoms with Gasteiger partial charge in [-0.3, -0.25) is 42.6 Å². The summed E-state index contributed by atoms with van der Waals surface area (Å²) in [6.45, 7) is 20.0. The van der Waals surface area contributed by atoms with Crippen LogP contribution in [0.25, 0.3) is 0 Å². The van der Waals surface area contributed by atoms with E-state index in [1.807, 2.05) is 73.6 Å². The number of carbonyl (C=O) groups is 7. The van der Waals surface area contributed by atoms with Crippen molar-refractivity contribution in [3.8, 4) is 0 Å². The molecule has 0 saturated carbocycles. The molecule has 0 aromatic heterocycles. The van der Waals surface area contributed by atoms with E-state index in [9.17, 15) is 53.2 Å². The van der Waals surface area contributed by atoms with Gasteiger partial charge in [0.2, 0.25) is 41.4 Å². The van der Waals surface area contributed by atoms with E-state index in [0.717, 1.165) is 33.8 Å². The Morgan fingerprint density at radius 3 is 2.02 bits per heavy atom. The van der Waals surface area contributed by atoms with Crippen molar-refractivity contribution in [2.75, 3.05) is 30.0 Å². The number of hydrogen-bond donors (Lipinski definition) is 15. The van der Waals surface area contributed by atoms with Gasteiger partial charge in [-0.05, 0) is 131 Å². The molecule has 1 aromatic carbocycles. The number of nitrogens with zero attached hydrogens (tertiary/aromatic N) is 1. The molecule has 0 spiro atoms. The van der Waals surface area contributed by atoms with Gasteiger partial charge in [0.25, 0.3) is 0 Å². The van der Waals surface area contributed by atoms with Crippen molar-refractivity contribution < 1.29 is 67.0 Å². The molecule has 496 valence electrons. The number of phosphoric ester groups is 1. The minimum absolute atomic E-state index is 0.00517. The van der Waals surface area contributed by atoms with Gasteiger partial charge in [-0.25, -0.2) is 4.57 Å². The standard InChI is InChI=1S/C62H94N13O14P/c1-29-20-39-40(21-30(29)2)75(28-70-39)57-52(84)53(41(27-76)87-57)89-90(85,86)88-31(3)26-69-49(83)18-19-59(8)37(22-46(66)80)56-62(11)61(10,25-48(68)82)36(14-17-45(65)79)51(74-62)33(5)55-60(9,24-47(67)81)34(12-15-43(63)77)38(71-55)23-42-58(6,7)35(13-16-44(64)78)50(72-42)32(4)54(59)73-56/h20-21,23,31,34-35,38,41,50,52-53,57,70-74,76,84H,12-19,22,24-28H2,1-11H3,(H2,63,77)(H2,64,78)(H2,65,79)(H2,66,80)(H2,67,81)(H2,68,82)(H,69,83)(H,85,86)/b42-23-,54-32-,55-33-/t31-,34-,35-,38?,41-,50?,52-,53-,57+,59-,60+,61+,62+/m1/s1. The molecule has 1 aromatic rings. The Bertz CT molecular complexity index is 3350. The molecule has 0 aliphatic carbocycles. The van der Waals surface area contributed by atoms with E-state index in [-0.39, 0.29) is 83.3 Å². The normalized spacial score (nSPS) is 33.9. The molecule has 7 heterocycles. The minimum atomic E-state index is -5.04. The van der Waals surface area contributed by atoms with Gasteiger partial charge in [0.15, 0.2) is 6.23 Å². The first-order chi connectivity index (χ1) is 41.8. The Hall–Kier alpha value is -7.00. The molecule has 28 heteroatoms.